The first-order valence-electron chi connectivity index (χ1n) is 7.34. The maximum atomic E-state index is 12.4. The Morgan fingerprint density at radius 3 is 2.71 bits per heavy atom. The predicted molar refractivity (Wildman–Crippen MR) is 98.6 cm³/mol. The summed E-state index contributed by atoms with van der Waals surface area (Å²) in [6.07, 6.45) is 1.56. The molecule has 0 saturated heterocycles. The SMILES string of the molecule is Cc1ccccc1NC(=O)c1ccnc(Nc2cccc(Br)c2)n1. The first-order valence-corrected chi connectivity index (χ1v) is 8.14. The molecule has 120 valence electrons. The zero-order valence-corrected chi connectivity index (χ0v) is 14.5. The average Bonchev–Trinajstić information content (AvgIpc) is 2.57. The van der Waals surface area contributed by atoms with Crippen molar-refractivity contribution in [2.24, 2.45) is 0 Å². The molecule has 6 heteroatoms. The van der Waals surface area contributed by atoms with Crippen molar-refractivity contribution in [2.45, 2.75) is 6.92 Å². The molecule has 0 unspecified atom stereocenters. The van der Waals surface area contributed by atoms with Gasteiger partial charge in [-0.25, -0.2) is 9.97 Å². The number of carbonyl (C=O) groups excluding carboxylic acids is 1. The number of aromatic nitrogens is 2. The van der Waals surface area contributed by atoms with Gasteiger partial charge in [-0.1, -0.05) is 40.2 Å². The third-order valence-corrected chi connectivity index (χ3v) is 3.86. The lowest BCUT2D eigenvalue weighted by Gasteiger charge is -2.09. The first-order chi connectivity index (χ1) is 11.6. The van der Waals surface area contributed by atoms with Gasteiger partial charge in [0.15, 0.2) is 0 Å². The van der Waals surface area contributed by atoms with Crippen LogP contribution < -0.4 is 10.6 Å². The van der Waals surface area contributed by atoms with Gasteiger partial charge in [0, 0.05) is 22.0 Å². The summed E-state index contributed by atoms with van der Waals surface area (Å²) >= 11 is 3.41. The normalized spacial score (nSPS) is 10.2. The summed E-state index contributed by atoms with van der Waals surface area (Å²) in [4.78, 5) is 20.8. The summed E-state index contributed by atoms with van der Waals surface area (Å²) in [5.74, 6) is 0.0922. The molecule has 0 aliphatic heterocycles. The van der Waals surface area contributed by atoms with Crippen molar-refractivity contribution in [1.82, 2.24) is 9.97 Å². The van der Waals surface area contributed by atoms with Crippen molar-refractivity contribution < 1.29 is 4.79 Å². The van der Waals surface area contributed by atoms with Crippen LogP contribution in [0.5, 0.6) is 0 Å². The summed E-state index contributed by atoms with van der Waals surface area (Å²) in [5.41, 5.74) is 2.89. The van der Waals surface area contributed by atoms with Crippen LogP contribution in [-0.4, -0.2) is 15.9 Å². The molecule has 0 radical (unpaired) electrons. The van der Waals surface area contributed by atoms with E-state index in [0.717, 1.165) is 21.4 Å². The van der Waals surface area contributed by atoms with Gasteiger partial charge < -0.3 is 10.6 Å². The molecule has 1 amide bonds. The minimum absolute atomic E-state index is 0.274. The zero-order chi connectivity index (χ0) is 16.9. The molecular weight excluding hydrogens is 368 g/mol. The summed E-state index contributed by atoms with van der Waals surface area (Å²) in [6.45, 7) is 1.94. The molecule has 0 atom stereocenters. The monoisotopic (exact) mass is 382 g/mol. The molecule has 2 aromatic carbocycles. The lowest BCUT2D eigenvalue weighted by atomic mass is 10.2. The number of rotatable bonds is 4. The molecule has 3 rings (SSSR count). The van der Waals surface area contributed by atoms with E-state index < -0.39 is 0 Å². The van der Waals surface area contributed by atoms with Gasteiger partial charge in [0.05, 0.1) is 0 Å². The van der Waals surface area contributed by atoms with Gasteiger partial charge in [-0.05, 0) is 42.8 Å². The third kappa shape index (κ3) is 3.97. The number of carbonyl (C=O) groups is 1. The van der Waals surface area contributed by atoms with Crippen molar-refractivity contribution in [2.75, 3.05) is 10.6 Å². The summed E-state index contributed by atoms with van der Waals surface area (Å²) in [6, 6.07) is 16.8. The zero-order valence-electron chi connectivity index (χ0n) is 13.0. The van der Waals surface area contributed by atoms with E-state index in [1.807, 2.05) is 55.5 Å². The molecule has 0 aliphatic carbocycles. The number of nitrogens with zero attached hydrogens (tertiary/aromatic N) is 2. The maximum absolute atomic E-state index is 12.4. The number of hydrogen-bond acceptors (Lipinski definition) is 4. The molecular formula is C18H15BrN4O. The molecule has 2 N–H and O–H groups in total. The van der Waals surface area contributed by atoms with Gasteiger partial charge in [-0.2, -0.15) is 0 Å². The number of amides is 1. The van der Waals surface area contributed by atoms with Crippen molar-refractivity contribution >= 4 is 39.2 Å². The number of benzene rings is 2. The Bertz CT molecular complexity index is 882. The average molecular weight is 383 g/mol. The molecule has 3 aromatic rings. The Balaban J connectivity index is 1.77. The van der Waals surface area contributed by atoms with Gasteiger partial charge >= 0.3 is 0 Å². The first kappa shape index (κ1) is 16.1. The Labute approximate surface area is 148 Å². The number of hydrogen-bond donors (Lipinski definition) is 2. The van der Waals surface area contributed by atoms with Crippen LogP contribution in [0.2, 0.25) is 0 Å². The molecule has 5 nitrogen and oxygen atoms in total. The minimum Gasteiger partial charge on any atom is -0.324 e. The number of nitrogens with one attached hydrogen (secondary N) is 2. The van der Waals surface area contributed by atoms with Crippen LogP contribution in [0.4, 0.5) is 17.3 Å². The molecule has 0 aliphatic rings. The molecule has 1 aromatic heterocycles. The fourth-order valence-electron chi connectivity index (χ4n) is 2.14. The molecule has 0 fully saturated rings. The lowest BCUT2D eigenvalue weighted by molar-refractivity contribution is 0.102. The van der Waals surface area contributed by atoms with E-state index in [1.165, 1.54) is 0 Å². The van der Waals surface area contributed by atoms with E-state index in [0.29, 0.717) is 11.6 Å². The summed E-state index contributed by atoms with van der Waals surface area (Å²) in [7, 11) is 0. The van der Waals surface area contributed by atoms with Crippen LogP contribution in [-0.2, 0) is 0 Å². The van der Waals surface area contributed by atoms with Gasteiger partial charge in [0.1, 0.15) is 5.69 Å². The maximum Gasteiger partial charge on any atom is 0.274 e. The summed E-state index contributed by atoms with van der Waals surface area (Å²) < 4.78 is 0.945. The van der Waals surface area contributed by atoms with Crippen molar-refractivity contribution in [1.29, 1.82) is 0 Å². The van der Waals surface area contributed by atoms with E-state index in [9.17, 15) is 4.79 Å². The van der Waals surface area contributed by atoms with Crippen molar-refractivity contribution in [3.63, 3.8) is 0 Å². The van der Waals surface area contributed by atoms with Gasteiger partial charge in [0.25, 0.3) is 5.91 Å². The Morgan fingerprint density at radius 2 is 1.92 bits per heavy atom. The second-order valence-corrected chi connectivity index (χ2v) is 6.09. The van der Waals surface area contributed by atoms with E-state index >= 15 is 0 Å². The highest BCUT2D eigenvalue weighted by atomic mass is 79.9. The highest BCUT2D eigenvalue weighted by molar-refractivity contribution is 9.10. The molecule has 0 saturated carbocycles. The lowest BCUT2D eigenvalue weighted by Crippen LogP contribution is -2.15. The van der Waals surface area contributed by atoms with E-state index in [1.54, 1.807) is 12.3 Å². The fourth-order valence-corrected chi connectivity index (χ4v) is 2.54. The highest BCUT2D eigenvalue weighted by Gasteiger charge is 2.10. The molecule has 24 heavy (non-hydrogen) atoms. The molecule has 0 bridgehead atoms. The van der Waals surface area contributed by atoms with Crippen LogP contribution in [0.1, 0.15) is 16.1 Å². The van der Waals surface area contributed by atoms with Crippen LogP contribution in [0, 0.1) is 6.92 Å². The smallest absolute Gasteiger partial charge is 0.274 e. The quantitative estimate of drug-likeness (QED) is 0.694. The highest BCUT2D eigenvalue weighted by Crippen LogP contribution is 2.19. The Kier molecular flexibility index (Phi) is 4.86. The van der Waals surface area contributed by atoms with Crippen molar-refractivity contribution in [3.8, 4) is 0 Å². The van der Waals surface area contributed by atoms with Crippen LogP contribution >= 0.6 is 15.9 Å². The predicted octanol–water partition coefficient (Wildman–Crippen LogP) is 4.54. The van der Waals surface area contributed by atoms with Gasteiger partial charge in [0.2, 0.25) is 5.95 Å². The van der Waals surface area contributed by atoms with Crippen molar-refractivity contribution in [3.05, 3.63) is 76.5 Å². The molecule has 0 spiro atoms. The topological polar surface area (TPSA) is 66.9 Å². The standard InChI is InChI=1S/C18H15BrN4O/c1-12-5-2-3-8-15(12)22-17(24)16-9-10-20-18(23-16)21-14-7-4-6-13(19)11-14/h2-11H,1H3,(H,22,24)(H,20,21,23). The fraction of sp³-hybridized carbons (Fsp3) is 0.0556. The Hall–Kier alpha value is -2.73. The van der Waals surface area contributed by atoms with E-state index in [2.05, 4.69) is 36.5 Å². The van der Waals surface area contributed by atoms with Gasteiger partial charge in [-0.15, -0.1) is 0 Å². The Morgan fingerprint density at radius 1 is 1.08 bits per heavy atom. The number of halogens is 1. The van der Waals surface area contributed by atoms with Crippen LogP contribution in [0.3, 0.4) is 0 Å². The largest absolute Gasteiger partial charge is 0.324 e. The number of para-hydroxylation sites is 1. The van der Waals surface area contributed by atoms with Crippen LogP contribution in [0.25, 0.3) is 0 Å². The van der Waals surface area contributed by atoms with Crippen LogP contribution in [0.15, 0.2) is 65.3 Å². The molecule has 1 heterocycles. The number of aryl methyl sites for hydroxylation is 1. The van der Waals surface area contributed by atoms with Gasteiger partial charge in [-0.3, -0.25) is 4.79 Å². The van der Waals surface area contributed by atoms with E-state index in [4.69, 9.17) is 0 Å². The second kappa shape index (κ2) is 7.23. The second-order valence-electron chi connectivity index (χ2n) is 5.17. The third-order valence-electron chi connectivity index (χ3n) is 3.36. The minimum atomic E-state index is -0.274. The van der Waals surface area contributed by atoms with E-state index in [-0.39, 0.29) is 5.91 Å². The summed E-state index contributed by atoms with van der Waals surface area (Å²) in [5, 5.41) is 5.95. The number of anilines is 3.